The zero-order valence-electron chi connectivity index (χ0n) is 15.4. The Labute approximate surface area is 162 Å². The molecule has 0 aliphatic rings. The molecular formula is C20H21N3O3S. The summed E-state index contributed by atoms with van der Waals surface area (Å²) < 4.78 is 11.6. The van der Waals surface area contributed by atoms with Crippen LogP contribution in [-0.4, -0.2) is 22.0 Å². The van der Waals surface area contributed by atoms with Gasteiger partial charge in [-0.2, -0.15) is 4.98 Å². The largest absolute Gasteiger partial charge is 0.475 e. The van der Waals surface area contributed by atoms with Crippen molar-refractivity contribution in [2.45, 2.75) is 33.0 Å². The van der Waals surface area contributed by atoms with Crippen LogP contribution in [0, 0.1) is 0 Å². The maximum absolute atomic E-state index is 12.6. The molecule has 140 valence electrons. The summed E-state index contributed by atoms with van der Waals surface area (Å²) in [6.45, 7) is 5.73. The fourth-order valence-electron chi connectivity index (χ4n) is 2.40. The van der Waals surface area contributed by atoms with Gasteiger partial charge in [0.1, 0.15) is 6.10 Å². The van der Waals surface area contributed by atoms with E-state index in [1.807, 2.05) is 51.1 Å². The number of carbonyl (C=O) groups is 1. The molecule has 2 heterocycles. The Hall–Kier alpha value is -2.93. The molecule has 27 heavy (non-hydrogen) atoms. The fraction of sp³-hybridized carbons (Fsp3) is 0.250. The van der Waals surface area contributed by atoms with Gasteiger partial charge in [-0.05, 0) is 26.3 Å². The SMILES string of the molecule is CC(C)Oc1cc(C(=O)Nc2nccs2)cc(O[C@H](C)c2ccccc2)n1. The number of aromatic nitrogens is 2. The van der Waals surface area contributed by atoms with Gasteiger partial charge in [0, 0.05) is 23.7 Å². The highest BCUT2D eigenvalue weighted by atomic mass is 32.1. The van der Waals surface area contributed by atoms with Crippen molar-refractivity contribution in [2.24, 2.45) is 0 Å². The summed E-state index contributed by atoms with van der Waals surface area (Å²) in [6, 6.07) is 13.0. The lowest BCUT2D eigenvalue weighted by atomic mass is 10.1. The number of rotatable bonds is 7. The summed E-state index contributed by atoms with van der Waals surface area (Å²) in [7, 11) is 0. The number of hydrogen-bond acceptors (Lipinski definition) is 6. The van der Waals surface area contributed by atoms with E-state index in [9.17, 15) is 4.79 Å². The number of pyridine rings is 1. The number of ether oxygens (including phenoxy) is 2. The van der Waals surface area contributed by atoms with Crippen molar-refractivity contribution < 1.29 is 14.3 Å². The average molecular weight is 383 g/mol. The molecule has 0 saturated carbocycles. The molecular weight excluding hydrogens is 362 g/mol. The van der Waals surface area contributed by atoms with Crippen molar-refractivity contribution >= 4 is 22.4 Å². The van der Waals surface area contributed by atoms with Gasteiger partial charge in [0.25, 0.3) is 5.91 Å². The normalized spacial score (nSPS) is 11.9. The molecule has 1 aromatic carbocycles. The molecule has 1 atom stereocenters. The van der Waals surface area contributed by atoms with E-state index in [0.29, 0.717) is 22.5 Å². The summed E-state index contributed by atoms with van der Waals surface area (Å²) in [5, 5.41) is 5.09. The van der Waals surface area contributed by atoms with Crippen LogP contribution < -0.4 is 14.8 Å². The summed E-state index contributed by atoms with van der Waals surface area (Å²) in [5.41, 5.74) is 1.41. The first kappa shape index (κ1) is 18.8. The van der Waals surface area contributed by atoms with Gasteiger partial charge in [-0.15, -0.1) is 11.3 Å². The smallest absolute Gasteiger partial charge is 0.257 e. The number of nitrogens with one attached hydrogen (secondary N) is 1. The second kappa shape index (κ2) is 8.64. The third-order valence-electron chi connectivity index (χ3n) is 3.62. The number of anilines is 1. The van der Waals surface area contributed by atoms with Crippen LogP contribution in [0.2, 0.25) is 0 Å². The van der Waals surface area contributed by atoms with E-state index < -0.39 is 0 Å². The van der Waals surface area contributed by atoms with Crippen molar-refractivity contribution in [1.82, 2.24) is 9.97 Å². The van der Waals surface area contributed by atoms with E-state index in [-0.39, 0.29) is 18.1 Å². The second-order valence-corrected chi connectivity index (χ2v) is 7.06. The third-order valence-corrected chi connectivity index (χ3v) is 4.30. The first-order chi connectivity index (χ1) is 13.0. The van der Waals surface area contributed by atoms with Crippen LogP contribution in [0.3, 0.4) is 0 Å². The predicted octanol–water partition coefficient (Wildman–Crippen LogP) is 4.72. The van der Waals surface area contributed by atoms with Gasteiger partial charge in [-0.1, -0.05) is 30.3 Å². The van der Waals surface area contributed by atoms with E-state index >= 15 is 0 Å². The molecule has 0 radical (unpaired) electrons. The van der Waals surface area contributed by atoms with E-state index in [0.717, 1.165) is 5.56 Å². The van der Waals surface area contributed by atoms with E-state index in [1.54, 1.807) is 23.7 Å². The number of carbonyl (C=O) groups excluding carboxylic acids is 1. The highest BCUT2D eigenvalue weighted by Crippen LogP contribution is 2.25. The molecule has 1 amide bonds. The minimum absolute atomic E-state index is 0.0748. The number of nitrogens with zero attached hydrogens (tertiary/aromatic N) is 2. The molecule has 7 heteroatoms. The molecule has 3 aromatic rings. The Bertz CT molecular complexity index is 883. The molecule has 0 unspecified atom stereocenters. The van der Waals surface area contributed by atoms with Crippen LogP contribution in [0.4, 0.5) is 5.13 Å². The predicted molar refractivity (Wildman–Crippen MR) is 106 cm³/mol. The second-order valence-electron chi connectivity index (χ2n) is 6.16. The molecule has 3 rings (SSSR count). The van der Waals surface area contributed by atoms with E-state index in [4.69, 9.17) is 9.47 Å². The summed E-state index contributed by atoms with van der Waals surface area (Å²) in [6.07, 6.45) is 1.34. The van der Waals surface area contributed by atoms with Gasteiger partial charge in [0.05, 0.1) is 11.7 Å². The topological polar surface area (TPSA) is 73.3 Å². The standard InChI is InChI=1S/C20H21N3O3S/c1-13(2)25-17-11-16(19(24)23-20-21-9-10-27-20)12-18(22-17)26-14(3)15-7-5-4-6-8-15/h4-14H,1-3H3,(H,21,23,24)/t14-/m1/s1. The lowest BCUT2D eigenvalue weighted by molar-refractivity contribution is 0.102. The molecule has 0 fully saturated rings. The van der Waals surface area contributed by atoms with Crippen molar-refractivity contribution in [2.75, 3.05) is 5.32 Å². The summed E-state index contributed by atoms with van der Waals surface area (Å²) in [4.78, 5) is 21.0. The maximum atomic E-state index is 12.6. The first-order valence-electron chi connectivity index (χ1n) is 8.62. The van der Waals surface area contributed by atoms with Crippen LogP contribution in [0.1, 0.15) is 42.8 Å². The van der Waals surface area contributed by atoms with E-state index in [2.05, 4.69) is 15.3 Å². The Morgan fingerprint density at radius 1 is 1.07 bits per heavy atom. The molecule has 0 spiro atoms. The van der Waals surface area contributed by atoms with Gasteiger partial charge >= 0.3 is 0 Å². The lowest BCUT2D eigenvalue weighted by Gasteiger charge is -2.17. The highest BCUT2D eigenvalue weighted by Gasteiger charge is 2.16. The fourth-order valence-corrected chi connectivity index (χ4v) is 2.93. The number of benzene rings is 1. The van der Waals surface area contributed by atoms with Gasteiger partial charge < -0.3 is 9.47 Å². The Morgan fingerprint density at radius 2 is 1.78 bits per heavy atom. The van der Waals surface area contributed by atoms with Crippen LogP contribution in [0.25, 0.3) is 0 Å². The Morgan fingerprint density at radius 3 is 2.41 bits per heavy atom. The van der Waals surface area contributed by atoms with Crippen molar-refractivity contribution in [1.29, 1.82) is 0 Å². The summed E-state index contributed by atoms with van der Waals surface area (Å²) in [5.74, 6) is 0.374. The molecule has 0 bridgehead atoms. The first-order valence-corrected chi connectivity index (χ1v) is 9.50. The molecule has 1 N–H and O–H groups in total. The molecule has 0 aliphatic carbocycles. The van der Waals surface area contributed by atoms with Crippen LogP contribution in [0.5, 0.6) is 11.8 Å². The number of amides is 1. The maximum Gasteiger partial charge on any atom is 0.257 e. The van der Waals surface area contributed by atoms with Crippen molar-refractivity contribution in [3.63, 3.8) is 0 Å². The van der Waals surface area contributed by atoms with Gasteiger partial charge in [0.2, 0.25) is 11.8 Å². The molecule has 6 nitrogen and oxygen atoms in total. The average Bonchev–Trinajstić information content (AvgIpc) is 3.14. The minimum Gasteiger partial charge on any atom is -0.475 e. The summed E-state index contributed by atoms with van der Waals surface area (Å²) >= 11 is 1.35. The van der Waals surface area contributed by atoms with Gasteiger partial charge in [0.15, 0.2) is 5.13 Å². The van der Waals surface area contributed by atoms with Crippen molar-refractivity contribution in [3.8, 4) is 11.8 Å². The quantitative estimate of drug-likeness (QED) is 0.639. The molecule has 0 saturated heterocycles. The van der Waals surface area contributed by atoms with Crippen LogP contribution >= 0.6 is 11.3 Å². The van der Waals surface area contributed by atoms with Gasteiger partial charge in [-0.25, -0.2) is 4.98 Å². The zero-order chi connectivity index (χ0) is 19.2. The molecule has 0 aliphatic heterocycles. The van der Waals surface area contributed by atoms with Crippen LogP contribution in [-0.2, 0) is 0 Å². The van der Waals surface area contributed by atoms with Crippen molar-refractivity contribution in [3.05, 3.63) is 65.2 Å². The highest BCUT2D eigenvalue weighted by molar-refractivity contribution is 7.13. The van der Waals surface area contributed by atoms with Gasteiger partial charge in [-0.3, -0.25) is 10.1 Å². The Balaban J connectivity index is 1.84. The monoisotopic (exact) mass is 383 g/mol. The minimum atomic E-state index is -0.293. The Kier molecular flexibility index (Phi) is 6.03. The van der Waals surface area contributed by atoms with E-state index in [1.165, 1.54) is 11.3 Å². The number of thiazole rings is 1. The lowest BCUT2D eigenvalue weighted by Crippen LogP contribution is -2.14. The third kappa shape index (κ3) is 5.27. The van der Waals surface area contributed by atoms with Crippen LogP contribution in [0.15, 0.2) is 54.0 Å². The zero-order valence-corrected chi connectivity index (χ0v) is 16.2. The number of hydrogen-bond donors (Lipinski definition) is 1. The molecule has 2 aromatic heterocycles.